The minimum Gasteiger partial charge on any atom is -0.306 e. The minimum absolute atomic E-state index is 0.517. The van der Waals surface area contributed by atoms with Gasteiger partial charge in [0.15, 0.2) is 11.6 Å². The molecule has 402 valence electrons. The fourth-order valence-electron chi connectivity index (χ4n) is 13.6. The lowest BCUT2D eigenvalue weighted by atomic mass is 10.0. The summed E-state index contributed by atoms with van der Waals surface area (Å²) in [6.45, 7) is 0. The maximum Gasteiger partial charge on any atom is 0.181 e. The first-order valence-corrected chi connectivity index (χ1v) is 29.6. The minimum atomic E-state index is 0.517. The van der Waals surface area contributed by atoms with Crippen LogP contribution in [0.4, 0.5) is 68.4 Å². The standard InChI is InChI=1S/C77H59N7/c1-3-23-52(24-4-1)62-51-63(53-25-5-2-6-26-53)79-76(78-62)72-73(81-64-35-15-7-27-54(64)43-44-55-28-8-16-36-65(55)81)74(82-66-37-17-9-29-56(66)45-46-57-30-10-18-38-67(57)82)75(83-68-39-19-11-31-58(68)47-48-59-32-12-20-40-69(59)83)77(80-72)84-70-41-21-13-33-60(70)49-50-61-34-14-22-42-71(61)84/h1-42,51H,43-50H2. The number of pyridine rings is 1. The summed E-state index contributed by atoms with van der Waals surface area (Å²) in [6, 6.07) is 95.7. The van der Waals surface area contributed by atoms with E-state index in [9.17, 15) is 0 Å². The van der Waals surface area contributed by atoms with Crippen molar-refractivity contribution in [3.05, 3.63) is 305 Å². The molecule has 10 aromatic carbocycles. The van der Waals surface area contributed by atoms with Gasteiger partial charge >= 0.3 is 0 Å². The first-order chi connectivity index (χ1) is 41.7. The van der Waals surface area contributed by atoms with E-state index in [-0.39, 0.29) is 0 Å². The number of hydrogen-bond acceptors (Lipinski definition) is 7. The molecule has 4 aliphatic heterocycles. The zero-order valence-corrected chi connectivity index (χ0v) is 46.6. The number of rotatable bonds is 7. The van der Waals surface area contributed by atoms with Crippen LogP contribution in [0, 0.1) is 0 Å². The highest BCUT2D eigenvalue weighted by atomic mass is 15.3. The molecule has 0 saturated heterocycles. The van der Waals surface area contributed by atoms with Gasteiger partial charge in [-0.05, 0) is 150 Å². The summed E-state index contributed by atoms with van der Waals surface area (Å²) in [5.41, 5.74) is 25.9. The number of para-hydroxylation sites is 8. The Morgan fingerprint density at radius 2 is 0.476 bits per heavy atom. The van der Waals surface area contributed by atoms with Crippen LogP contribution in [0.3, 0.4) is 0 Å². The van der Waals surface area contributed by atoms with E-state index in [1.807, 2.05) is 0 Å². The molecule has 0 unspecified atom stereocenters. The molecule has 84 heavy (non-hydrogen) atoms. The molecular formula is C77H59N7. The number of hydrogen-bond donors (Lipinski definition) is 0. The summed E-state index contributed by atoms with van der Waals surface area (Å²) < 4.78 is 0. The maximum atomic E-state index is 6.56. The summed E-state index contributed by atoms with van der Waals surface area (Å²) in [5.74, 6) is 1.28. The Bertz CT molecular complexity index is 4250. The van der Waals surface area contributed by atoms with Gasteiger partial charge in [-0.15, -0.1) is 0 Å². The summed E-state index contributed by atoms with van der Waals surface area (Å²) >= 11 is 0. The van der Waals surface area contributed by atoms with Crippen LogP contribution in [0.1, 0.15) is 44.5 Å². The molecule has 0 radical (unpaired) electrons. The van der Waals surface area contributed by atoms with Crippen LogP contribution in [0.15, 0.2) is 261 Å². The van der Waals surface area contributed by atoms with Gasteiger partial charge in [-0.3, -0.25) is 4.90 Å². The molecule has 4 aliphatic rings. The third kappa shape index (κ3) is 8.45. The molecule has 0 saturated carbocycles. The molecule has 0 fully saturated rings. The summed E-state index contributed by atoms with van der Waals surface area (Å²) in [7, 11) is 0. The highest BCUT2D eigenvalue weighted by molar-refractivity contribution is 6.11. The molecule has 0 amide bonds. The van der Waals surface area contributed by atoms with Crippen molar-refractivity contribution in [1.29, 1.82) is 0 Å². The van der Waals surface area contributed by atoms with Crippen molar-refractivity contribution in [3.63, 3.8) is 0 Å². The van der Waals surface area contributed by atoms with Crippen LogP contribution >= 0.6 is 0 Å². The Morgan fingerprint density at radius 3 is 0.786 bits per heavy atom. The molecule has 7 heteroatoms. The lowest BCUT2D eigenvalue weighted by Crippen LogP contribution is -2.27. The number of aryl methyl sites for hydroxylation is 8. The van der Waals surface area contributed by atoms with Gasteiger partial charge in [0.1, 0.15) is 22.8 Å². The number of aromatic nitrogens is 3. The first kappa shape index (κ1) is 49.4. The fourth-order valence-corrected chi connectivity index (χ4v) is 13.6. The third-order valence-electron chi connectivity index (χ3n) is 17.6. The quantitative estimate of drug-likeness (QED) is 0.158. The maximum absolute atomic E-state index is 6.56. The second-order valence-corrected chi connectivity index (χ2v) is 22.4. The average Bonchev–Trinajstić information content (AvgIpc) is 1.28. The molecule has 0 atom stereocenters. The van der Waals surface area contributed by atoms with Gasteiger partial charge in [0.2, 0.25) is 0 Å². The van der Waals surface area contributed by atoms with Crippen LogP contribution in [-0.4, -0.2) is 15.0 Å². The average molecular weight is 1080 g/mol. The Kier molecular flexibility index (Phi) is 12.3. The van der Waals surface area contributed by atoms with E-state index in [1.165, 1.54) is 44.5 Å². The topological polar surface area (TPSA) is 51.6 Å². The molecule has 0 spiro atoms. The zero-order chi connectivity index (χ0) is 55.5. The molecule has 7 nitrogen and oxygen atoms in total. The van der Waals surface area contributed by atoms with Crippen molar-refractivity contribution < 1.29 is 0 Å². The SMILES string of the molecule is c1ccc(-c2cc(-c3ccccc3)nc(-c3nc(N4c5ccccc5CCc5ccccc54)c(N4c5ccccc5CCc5ccccc54)c(N4c5ccccc5CCc5ccccc54)c3N3c4ccccc4CCc4ccccc43)n2)cc1. The smallest absolute Gasteiger partial charge is 0.181 e. The third-order valence-corrected chi connectivity index (χ3v) is 17.6. The largest absolute Gasteiger partial charge is 0.306 e. The summed E-state index contributed by atoms with van der Waals surface area (Å²) in [6.07, 6.45) is 6.90. The van der Waals surface area contributed by atoms with E-state index in [4.69, 9.17) is 15.0 Å². The highest BCUT2D eigenvalue weighted by Crippen LogP contribution is 2.63. The number of benzene rings is 10. The van der Waals surface area contributed by atoms with E-state index >= 15 is 0 Å². The fraction of sp³-hybridized carbons (Fsp3) is 0.104. The van der Waals surface area contributed by atoms with Crippen molar-refractivity contribution in [2.45, 2.75) is 51.4 Å². The molecule has 2 aromatic heterocycles. The van der Waals surface area contributed by atoms with Crippen molar-refractivity contribution in [1.82, 2.24) is 15.0 Å². The second-order valence-electron chi connectivity index (χ2n) is 22.4. The Balaban J connectivity index is 1.20. The van der Waals surface area contributed by atoms with Gasteiger partial charge in [0.25, 0.3) is 0 Å². The molecule has 0 bridgehead atoms. The molecule has 0 aliphatic carbocycles. The van der Waals surface area contributed by atoms with Crippen LogP contribution in [0.2, 0.25) is 0 Å². The van der Waals surface area contributed by atoms with Crippen LogP contribution in [0.5, 0.6) is 0 Å². The van der Waals surface area contributed by atoms with Crippen LogP contribution in [-0.2, 0) is 51.4 Å². The number of nitrogens with zero attached hydrogens (tertiary/aromatic N) is 7. The summed E-state index contributed by atoms with van der Waals surface area (Å²) in [4.78, 5) is 28.5. The lowest BCUT2D eigenvalue weighted by molar-refractivity contribution is 0.977. The van der Waals surface area contributed by atoms with Crippen LogP contribution in [0.25, 0.3) is 34.0 Å². The number of fused-ring (bicyclic) bond motifs is 8. The van der Waals surface area contributed by atoms with Crippen molar-refractivity contribution in [3.8, 4) is 34.0 Å². The van der Waals surface area contributed by atoms with Gasteiger partial charge in [0, 0.05) is 45.3 Å². The van der Waals surface area contributed by atoms with Crippen LogP contribution < -0.4 is 19.6 Å². The monoisotopic (exact) mass is 1080 g/mol. The van der Waals surface area contributed by atoms with Gasteiger partial charge in [-0.1, -0.05) is 206 Å². The Morgan fingerprint density at radius 1 is 0.226 bits per heavy atom. The van der Waals surface area contributed by atoms with Crippen molar-refractivity contribution in [2.75, 3.05) is 19.6 Å². The van der Waals surface area contributed by atoms with E-state index < -0.39 is 0 Å². The predicted molar refractivity (Wildman–Crippen MR) is 344 cm³/mol. The molecule has 16 rings (SSSR count). The second kappa shape index (κ2) is 20.9. The zero-order valence-electron chi connectivity index (χ0n) is 46.6. The Labute approximate surface area is 491 Å². The van der Waals surface area contributed by atoms with Crippen molar-refractivity contribution in [2.24, 2.45) is 0 Å². The lowest BCUT2D eigenvalue weighted by Gasteiger charge is -2.41. The highest BCUT2D eigenvalue weighted by Gasteiger charge is 2.42. The number of anilines is 12. The van der Waals surface area contributed by atoms with Gasteiger partial charge < -0.3 is 14.7 Å². The van der Waals surface area contributed by atoms with E-state index in [0.717, 1.165) is 142 Å². The van der Waals surface area contributed by atoms with Gasteiger partial charge in [-0.25, -0.2) is 15.0 Å². The van der Waals surface area contributed by atoms with Crippen molar-refractivity contribution >= 4 is 68.4 Å². The molecule has 6 heterocycles. The molecule has 12 aromatic rings. The predicted octanol–water partition coefficient (Wildman–Crippen LogP) is 19.1. The van der Waals surface area contributed by atoms with E-state index in [1.54, 1.807) is 0 Å². The van der Waals surface area contributed by atoms with E-state index in [0.29, 0.717) is 11.5 Å². The summed E-state index contributed by atoms with van der Waals surface area (Å²) in [5, 5.41) is 0. The van der Waals surface area contributed by atoms with Gasteiger partial charge in [-0.2, -0.15) is 0 Å². The molecular weight excluding hydrogens is 1020 g/mol. The molecule has 0 N–H and O–H groups in total. The Hall–Kier alpha value is -10.4. The first-order valence-electron chi connectivity index (χ1n) is 29.6. The van der Waals surface area contributed by atoms with Gasteiger partial charge in [0.05, 0.1) is 22.8 Å². The normalized spacial score (nSPS) is 14.0. The van der Waals surface area contributed by atoms with E-state index in [2.05, 4.69) is 280 Å².